The molecular formula is C20H26N4O3. The van der Waals surface area contributed by atoms with E-state index in [-0.39, 0.29) is 17.9 Å². The van der Waals surface area contributed by atoms with Crippen LogP contribution in [0.15, 0.2) is 24.3 Å². The van der Waals surface area contributed by atoms with Crippen LogP contribution in [-0.4, -0.2) is 73.6 Å². The number of amides is 2. The summed E-state index contributed by atoms with van der Waals surface area (Å²) in [5.41, 5.74) is 1.05. The van der Waals surface area contributed by atoms with E-state index in [0.29, 0.717) is 43.7 Å². The van der Waals surface area contributed by atoms with Crippen molar-refractivity contribution in [2.45, 2.75) is 25.4 Å². The quantitative estimate of drug-likeness (QED) is 0.807. The van der Waals surface area contributed by atoms with Gasteiger partial charge in [0.15, 0.2) is 0 Å². The number of carbonyl (C=O) groups excluding carboxylic acids is 2. The second kappa shape index (κ2) is 9.49. The molecule has 0 aliphatic carbocycles. The number of hydrogen-bond acceptors (Lipinski definition) is 5. The first-order chi connectivity index (χ1) is 13.2. The van der Waals surface area contributed by atoms with Crippen molar-refractivity contribution in [3.63, 3.8) is 0 Å². The number of nitrogens with zero attached hydrogens (tertiary/aromatic N) is 3. The lowest BCUT2D eigenvalue weighted by Crippen LogP contribution is -2.47. The van der Waals surface area contributed by atoms with E-state index in [1.807, 2.05) is 4.90 Å². The van der Waals surface area contributed by atoms with Gasteiger partial charge < -0.3 is 19.9 Å². The number of benzene rings is 1. The van der Waals surface area contributed by atoms with Crippen LogP contribution in [-0.2, 0) is 9.53 Å². The average Bonchev–Trinajstić information content (AvgIpc) is 3.24. The predicted molar refractivity (Wildman–Crippen MR) is 100 cm³/mol. The zero-order chi connectivity index (χ0) is 19.1. The number of rotatable bonds is 6. The molecule has 0 spiro atoms. The van der Waals surface area contributed by atoms with Gasteiger partial charge in [-0.25, -0.2) is 0 Å². The van der Waals surface area contributed by atoms with Crippen molar-refractivity contribution in [3.8, 4) is 6.07 Å². The fourth-order valence-corrected chi connectivity index (χ4v) is 3.48. The van der Waals surface area contributed by atoms with Crippen LogP contribution in [0.3, 0.4) is 0 Å². The summed E-state index contributed by atoms with van der Waals surface area (Å²) in [5.74, 6) is -0.0374. The van der Waals surface area contributed by atoms with E-state index in [1.54, 1.807) is 29.2 Å². The molecule has 0 aromatic heterocycles. The van der Waals surface area contributed by atoms with Gasteiger partial charge in [0.2, 0.25) is 5.91 Å². The molecule has 0 saturated carbocycles. The Kier molecular flexibility index (Phi) is 6.80. The van der Waals surface area contributed by atoms with Crippen molar-refractivity contribution >= 4 is 11.8 Å². The Hall–Kier alpha value is -2.43. The molecular weight excluding hydrogens is 344 g/mol. The highest BCUT2D eigenvalue weighted by atomic mass is 16.5. The summed E-state index contributed by atoms with van der Waals surface area (Å²) in [6, 6.07) is 8.68. The Bertz CT molecular complexity index is 686. The summed E-state index contributed by atoms with van der Waals surface area (Å²) in [7, 11) is 0. The fourth-order valence-electron chi connectivity index (χ4n) is 3.48. The second-order valence-corrected chi connectivity index (χ2v) is 6.96. The monoisotopic (exact) mass is 370 g/mol. The molecule has 27 heavy (non-hydrogen) atoms. The molecule has 7 heteroatoms. The van der Waals surface area contributed by atoms with Gasteiger partial charge in [-0.3, -0.25) is 9.59 Å². The van der Waals surface area contributed by atoms with Crippen LogP contribution in [0.4, 0.5) is 0 Å². The topological polar surface area (TPSA) is 85.7 Å². The summed E-state index contributed by atoms with van der Waals surface area (Å²) in [6.45, 7) is 4.66. The van der Waals surface area contributed by atoms with Gasteiger partial charge in [0.1, 0.15) is 0 Å². The average molecular weight is 370 g/mol. The van der Waals surface area contributed by atoms with Crippen LogP contribution in [0.25, 0.3) is 0 Å². The molecule has 0 bridgehead atoms. The van der Waals surface area contributed by atoms with Crippen LogP contribution in [0.1, 0.15) is 35.2 Å². The molecule has 1 atom stereocenters. The first kappa shape index (κ1) is 19.3. The molecule has 2 amide bonds. The van der Waals surface area contributed by atoms with Gasteiger partial charge in [0.25, 0.3) is 5.91 Å². The maximum atomic E-state index is 13.0. The van der Waals surface area contributed by atoms with Crippen molar-refractivity contribution in [2.24, 2.45) is 0 Å². The minimum absolute atomic E-state index is 0.0293. The van der Waals surface area contributed by atoms with Gasteiger partial charge in [-0.1, -0.05) is 0 Å². The molecule has 2 fully saturated rings. The molecule has 1 N–H and O–H groups in total. The van der Waals surface area contributed by atoms with E-state index in [2.05, 4.69) is 11.4 Å². The minimum Gasteiger partial charge on any atom is -0.376 e. The van der Waals surface area contributed by atoms with E-state index < -0.39 is 0 Å². The molecule has 3 rings (SSSR count). The zero-order valence-electron chi connectivity index (χ0n) is 15.5. The van der Waals surface area contributed by atoms with Crippen LogP contribution < -0.4 is 5.32 Å². The molecule has 1 aromatic carbocycles. The Morgan fingerprint density at radius 3 is 2.63 bits per heavy atom. The van der Waals surface area contributed by atoms with Gasteiger partial charge in [-0.2, -0.15) is 5.26 Å². The van der Waals surface area contributed by atoms with Crippen molar-refractivity contribution in [1.29, 1.82) is 5.26 Å². The number of hydrogen-bond donors (Lipinski definition) is 1. The highest BCUT2D eigenvalue weighted by Gasteiger charge is 2.25. The molecule has 1 unspecified atom stereocenters. The van der Waals surface area contributed by atoms with E-state index >= 15 is 0 Å². The van der Waals surface area contributed by atoms with Crippen molar-refractivity contribution < 1.29 is 14.3 Å². The van der Waals surface area contributed by atoms with E-state index in [1.165, 1.54) is 0 Å². The number of ether oxygens (including phenoxy) is 1. The zero-order valence-corrected chi connectivity index (χ0v) is 15.5. The van der Waals surface area contributed by atoms with E-state index in [4.69, 9.17) is 10.00 Å². The standard InChI is InChI=1S/C20H26N4O3/c21-14-16-3-5-17(6-4-16)20(26)24(15-18-2-1-13-27-18)10-7-19(25)23-11-8-22-9-12-23/h3-6,18,22H,1-2,7-13,15H2. The summed E-state index contributed by atoms with van der Waals surface area (Å²) < 4.78 is 5.69. The Morgan fingerprint density at radius 2 is 2.00 bits per heavy atom. The third-order valence-corrected chi connectivity index (χ3v) is 5.06. The van der Waals surface area contributed by atoms with Gasteiger partial charge in [0.05, 0.1) is 17.7 Å². The van der Waals surface area contributed by atoms with Gasteiger partial charge in [0, 0.05) is 57.9 Å². The number of piperazine rings is 1. The highest BCUT2D eigenvalue weighted by Crippen LogP contribution is 2.16. The third-order valence-electron chi connectivity index (χ3n) is 5.06. The van der Waals surface area contributed by atoms with Crippen molar-refractivity contribution in [1.82, 2.24) is 15.1 Å². The van der Waals surface area contributed by atoms with Gasteiger partial charge >= 0.3 is 0 Å². The molecule has 7 nitrogen and oxygen atoms in total. The Morgan fingerprint density at radius 1 is 1.26 bits per heavy atom. The normalized spacial score (nSPS) is 19.5. The Labute approximate surface area is 159 Å². The predicted octanol–water partition coefficient (Wildman–Crippen LogP) is 1.00. The van der Waals surface area contributed by atoms with E-state index in [9.17, 15) is 9.59 Å². The van der Waals surface area contributed by atoms with Gasteiger partial charge in [-0.15, -0.1) is 0 Å². The second-order valence-electron chi connectivity index (χ2n) is 6.96. The lowest BCUT2D eigenvalue weighted by atomic mass is 10.1. The highest BCUT2D eigenvalue weighted by molar-refractivity contribution is 5.94. The lowest BCUT2D eigenvalue weighted by Gasteiger charge is -2.30. The Balaban J connectivity index is 1.64. The molecule has 144 valence electrons. The molecule has 2 aliphatic rings. The largest absolute Gasteiger partial charge is 0.376 e. The third kappa shape index (κ3) is 5.28. The maximum absolute atomic E-state index is 13.0. The molecule has 2 saturated heterocycles. The van der Waals surface area contributed by atoms with Crippen LogP contribution in [0.2, 0.25) is 0 Å². The molecule has 1 aromatic rings. The number of carbonyl (C=O) groups is 2. The van der Waals surface area contributed by atoms with Crippen LogP contribution >= 0.6 is 0 Å². The number of nitriles is 1. The summed E-state index contributed by atoms with van der Waals surface area (Å²) in [5, 5.41) is 12.2. The first-order valence-electron chi connectivity index (χ1n) is 9.57. The molecule has 0 radical (unpaired) electrons. The maximum Gasteiger partial charge on any atom is 0.253 e. The fraction of sp³-hybridized carbons (Fsp3) is 0.550. The smallest absolute Gasteiger partial charge is 0.253 e. The van der Waals surface area contributed by atoms with Crippen molar-refractivity contribution in [2.75, 3.05) is 45.9 Å². The summed E-state index contributed by atoms with van der Waals surface area (Å²) in [4.78, 5) is 29.0. The summed E-state index contributed by atoms with van der Waals surface area (Å²) in [6.07, 6.45) is 2.28. The van der Waals surface area contributed by atoms with Gasteiger partial charge in [-0.05, 0) is 37.1 Å². The molecule has 2 aliphatic heterocycles. The van der Waals surface area contributed by atoms with Crippen molar-refractivity contribution in [3.05, 3.63) is 35.4 Å². The number of nitrogens with one attached hydrogen (secondary N) is 1. The van der Waals surface area contributed by atoms with E-state index in [0.717, 1.165) is 32.5 Å². The van der Waals surface area contributed by atoms with Crippen LogP contribution in [0.5, 0.6) is 0 Å². The minimum atomic E-state index is -0.122. The van der Waals surface area contributed by atoms with Crippen LogP contribution in [0, 0.1) is 11.3 Å². The summed E-state index contributed by atoms with van der Waals surface area (Å²) >= 11 is 0. The molecule has 2 heterocycles. The SMILES string of the molecule is N#Cc1ccc(C(=O)N(CCC(=O)N2CCNCC2)CC2CCCO2)cc1. The first-order valence-corrected chi connectivity index (χ1v) is 9.57. The lowest BCUT2D eigenvalue weighted by molar-refractivity contribution is -0.132.